The Morgan fingerprint density at radius 3 is 2.08 bits per heavy atom. The van der Waals surface area contributed by atoms with Crippen molar-refractivity contribution in [1.82, 2.24) is 0 Å². The van der Waals surface area contributed by atoms with E-state index in [1.165, 1.54) is 38.5 Å². The lowest BCUT2D eigenvalue weighted by atomic mass is 9.88. The summed E-state index contributed by atoms with van der Waals surface area (Å²) in [6.07, 6.45) is 10.8. The van der Waals surface area contributed by atoms with Crippen molar-refractivity contribution in [3.8, 4) is 0 Å². The maximum Gasteiger partial charge on any atom is 0.204 e. The molecule has 0 rings (SSSR count). The van der Waals surface area contributed by atoms with Crippen molar-refractivity contribution in [2.24, 2.45) is 5.41 Å². The van der Waals surface area contributed by atoms with Gasteiger partial charge >= 0.3 is 0 Å². The fourth-order valence-electron chi connectivity index (χ4n) is 1.40. The predicted molar refractivity (Wildman–Crippen MR) is 57.5 cm³/mol. The Hall–Kier alpha value is -0.330. The summed E-state index contributed by atoms with van der Waals surface area (Å²) in [5.41, 5.74) is -0.218. The average molecular weight is 183 g/mol. The third kappa shape index (κ3) is 8.01. The van der Waals surface area contributed by atoms with Crippen molar-refractivity contribution in [2.75, 3.05) is 0 Å². The van der Waals surface area contributed by atoms with Crippen LogP contribution in [0.25, 0.3) is 0 Å². The van der Waals surface area contributed by atoms with Gasteiger partial charge in [-0.25, -0.2) is 0 Å². The van der Waals surface area contributed by atoms with Crippen molar-refractivity contribution < 1.29 is 4.79 Å². The molecule has 1 radical (unpaired) electrons. The number of carbonyl (C=O) groups excluding carboxylic acids is 1. The Morgan fingerprint density at radius 1 is 1.00 bits per heavy atom. The van der Waals surface area contributed by atoms with E-state index in [0.29, 0.717) is 0 Å². The molecule has 0 saturated heterocycles. The van der Waals surface area contributed by atoms with E-state index in [9.17, 15) is 4.79 Å². The van der Waals surface area contributed by atoms with Crippen LogP contribution < -0.4 is 0 Å². The van der Waals surface area contributed by atoms with Gasteiger partial charge in [-0.05, 0) is 6.42 Å². The Morgan fingerprint density at radius 2 is 1.54 bits per heavy atom. The molecule has 0 amide bonds. The van der Waals surface area contributed by atoms with E-state index in [1.54, 1.807) is 0 Å². The minimum atomic E-state index is -0.218. The summed E-state index contributed by atoms with van der Waals surface area (Å²) in [6.45, 7) is 6.16. The van der Waals surface area contributed by atoms with Gasteiger partial charge in [0.1, 0.15) is 0 Å². The summed E-state index contributed by atoms with van der Waals surface area (Å²) in [5, 5.41) is 0. The fraction of sp³-hybridized carbons (Fsp3) is 0.917. The third-order valence-electron chi connectivity index (χ3n) is 2.43. The van der Waals surface area contributed by atoms with Gasteiger partial charge in [0.05, 0.1) is 0 Å². The maximum atomic E-state index is 10.5. The quantitative estimate of drug-likeness (QED) is 0.522. The summed E-state index contributed by atoms with van der Waals surface area (Å²) in [7, 11) is 0. The van der Waals surface area contributed by atoms with Gasteiger partial charge in [0.25, 0.3) is 0 Å². The highest BCUT2D eigenvalue weighted by Crippen LogP contribution is 2.21. The first-order valence-corrected chi connectivity index (χ1v) is 5.51. The van der Waals surface area contributed by atoms with Gasteiger partial charge in [-0.3, -0.25) is 4.79 Å². The highest BCUT2D eigenvalue weighted by molar-refractivity contribution is 5.58. The molecule has 1 nitrogen and oxygen atoms in total. The predicted octanol–water partition coefficient (Wildman–Crippen LogP) is 3.87. The van der Waals surface area contributed by atoms with Crippen molar-refractivity contribution >= 4 is 6.29 Å². The normalized spacial score (nSPS) is 11.6. The zero-order valence-corrected chi connectivity index (χ0v) is 9.36. The van der Waals surface area contributed by atoms with E-state index in [4.69, 9.17) is 0 Å². The molecule has 0 aliphatic heterocycles. The molecule has 0 aromatic heterocycles. The molecule has 0 unspecified atom stereocenters. The molecular weight excluding hydrogens is 160 g/mol. The molecule has 0 aliphatic rings. The fourth-order valence-corrected chi connectivity index (χ4v) is 1.40. The van der Waals surface area contributed by atoms with Crippen LogP contribution in [0.15, 0.2) is 0 Å². The van der Waals surface area contributed by atoms with Gasteiger partial charge in [-0.1, -0.05) is 59.3 Å². The van der Waals surface area contributed by atoms with Gasteiger partial charge in [0.2, 0.25) is 6.29 Å². The Bertz CT molecular complexity index is 127. The van der Waals surface area contributed by atoms with Crippen LogP contribution >= 0.6 is 0 Å². The summed E-state index contributed by atoms with van der Waals surface area (Å²) < 4.78 is 0. The number of rotatable bonds is 8. The van der Waals surface area contributed by atoms with Crippen LogP contribution in [0.4, 0.5) is 0 Å². The van der Waals surface area contributed by atoms with E-state index in [0.717, 1.165) is 6.42 Å². The lowest BCUT2D eigenvalue weighted by Gasteiger charge is -2.14. The van der Waals surface area contributed by atoms with Gasteiger partial charge in [-0.2, -0.15) is 0 Å². The van der Waals surface area contributed by atoms with Crippen molar-refractivity contribution in [1.29, 1.82) is 0 Å². The van der Waals surface area contributed by atoms with E-state index in [1.807, 2.05) is 13.8 Å². The average Bonchev–Trinajstić information content (AvgIpc) is 2.11. The van der Waals surface area contributed by atoms with Crippen LogP contribution in [0.1, 0.15) is 65.7 Å². The molecule has 0 heterocycles. The second-order valence-corrected chi connectivity index (χ2v) is 4.50. The van der Waals surface area contributed by atoms with Crippen LogP contribution in [0, 0.1) is 5.41 Å². The molecule has 0 fully saturated rings. The van der Waals surface area contributed by atoms with Crippen LogP contribution in [0.3, 0.4) is 0 Å². The molecule has 0 aliphatic carbocycles. The van der Waals surface area contributed by atoms with E-state index >= 15 is 0 Å². The standard InChI is InChI=1S/C12H23O/c1-4-5-6-7-8-9-10-12(2,3)11-13/h4-10H2,1-3H3. The van der Waals surface area contributed by atoms with Crippen LogP contribution in [0.2, 0.25) is 0 Å². The summed E-state index contributed by atoms with van der Waals surface area (Å²) in [6, 6.07) is 0. The summed E-state index contributed by atoms with van der Waals surface area (Å²) in [5.74, 6) is 0. The van der Waals surface area contributed by atoms with Crippen LogP contribution in [-0.4, -0.2) is 6.29 Å². The Labute approximate surface area is 82.9 Å². The Balaban J connectivity index is 3.20. The molecule has 13 heavy (non-hydrogen) atoms. The second kappa shape index (κ2) is 7.11. The third-order valence-corrected chi connectivity index (χ3v) is 2.43. The highest BCUT2D eigenvalue weighted by atomic mass is 16.1. The van der Waals surface area contributed by atoms with Crippen LogP contribution in [-0.2, 0) is 4.79 Å². The highest BCUT2D eigenvalue weighted by Gasteiger charge is 2.16. The zero-order valence-electron chi connectivity index (χ0n) is 9.36. The molecule has 0 saturated carbocycles. The maximum absolute atomic E-state index is 10.5. The Kier molecular flexibility index (Phi) is 6.93. The van der Waals surface area contributed by atoms with E-state index < -0.39 is 0 Å². The van der Waals surface area contributed by atoms with E-state index in [-0.39, 0.29) is 5.41 Å². The molecule has 0 aromatic carbocycles. The second-order valence-electron chi connectivity index (χ2n) is 4.50. The summed E-state index contributed by atoms with van der Waals surface area (Å²) >= 11 is 0. The monoisotopic (exact) mass is 183 g/mol. The lowest BCUT2D eigenvalue weighted by Crippen LogP contribution is -2.12. The van der Waals surface area contributed by atoms with Crippen molar-refractivity contribution in [3.05, 3.63) is 0 Å². The smallest absolute Gasteiger partial charge is 0.204 e. The molecule has 77 valence electrons. The minimum Gasteiger partial charge on any atom is -0.290 e. The van der Waals surface area contributed by atoms with Gasteiger partial charge < -0.3 is 0 Å². The lowest BCUT2D eigenvalue weighted by molar-refractivity contribution is 0.403. The summed E-state index contributed by atoms with van der Waals surface area (Å²) in [4.78, 5) is 10.5. The molecule has 0 aromatic rings. The number of hydrogen-bond donors (Lipinski definition) is 0. The van der Waals surface area contributed by atoms with Gasteiger partial charge in [0.15, 0.2) is 0 Å². The van der Waals surface area contributed by atoms with Gasteiger partial charge in [0, 0.05) is 5.41 Å². The van der Waals surface area contributed by atoms with Crippen molar-refractivity contribution in [3.63, 3.8) is 0 Å². The molecule has 0 atom stereocenters. The first-order chi connectivity index (χ1) is 6.12. The van der Waals surface area contributed by atoms with E-state index in [2.05, 4.69) is 13.2 Å². The van der Waals surface area contributed by atoms with Crippen LogP contribution in [0.5, 0.6) is 0 Å². The first-order valence-electron chi connectivity index (χ1n) is 5.51. The first kappa shape index (κ1) is 12.7. The largest absolute Gasteiger partial charge is 0.290 e. The van der Waals surface area contributed by atoms with Crippen molar-refractivity contribution in [2.45, 2.75) is 65.7 Å². The zero-order chi connectivity index (χ0) is 10.2. The molecule has 0 bridgehead atoms. The topological polar surface area (TPSA) is 17.1 Å². The van der Waals surface area contributed by atoms with Gasteiger partial charge in [-0.15, -0.1) is 0 Å². The molecule has 0 N–H and O–H groups in total. The number of unbranched alkanes of at least 4 members (excludes halogenated alkanes) is 5. The SMILES string of the molecule is CCCCCCCCC(C)(C)[C]=O. The molecular formula is C12H23O. The molecule has 1 heteroatoms. The number of hydrogen-bond acceptors (Lipinski definition) is 1. The molecule has 0 spiro atoms. The minimum absolute atomic E-state index is 0.218.